The maximum atomic E-state index is 10.8. The molecule has 1 aromatic rings. The lowest BCUT2D eigenvalue weighted by Gasteiger charge is -2.02. The maximum Gasteiger partial charge on any atom is 0.218 e. The lowest BCUT2D eigenvalue weighted by molar-refractivity contribution is 0.513. The van der Waals surface area contributed by atoms with Crippen LogP contribution in [0, 0.1) is 0 Å². The zero-order valence-electron chi connectivity index (χ0n) is 6.66. The average Bonchev–Trinajstić information content (AvgIpc) is 2.05. The fourth-order valence-corrected chi connectivity index (χ4v) is 1.76. The second-order valence-electron chi connectivity index (χ2n) is 2.46. The van der Waals surface area contributed by atoms with Crippen LogP contribution in [0.1, 0.15) is 5.56 Å². The minimum Gasteiger partial charge on any atom is -0.343 e. The first kappa shape index (κ1) is 9.24. The summed E-state index contributed by atoms with van der Waals surface area (Å²) in [6.45, 7) is 3.58. The van der Waals surface area contributed by atoms with Crippen molar-refractivity contribution >= 4 is 13.3 Å². The summed E-state index contributed by atoms with van der Waals surface area (Å²) in [4.78, 5) is 8.94. The standard InChI is InChI=1S/C9H11O2P/c1-2-5-8-6-3-4-7-9(8)12(10)11/h2-4,6-7,12H,1,5H2,(H,10,11). The fourth-order valence-electron chi connectivity index (χ4n) is 1.06. The van der Waals surface area contributed by atoms with Gasteiger partial charge in [-0.25, -0.2) is 0 Å². The van der Waals surface area contributed by atoms with E-state index in [1.165, 1.54) is 0 Å². The van der Waals surface area contributed by atoms with Gasteiger partial charge in [-0.15, -0.1) is 6.58 Å². The number of rotatable bonds is 3. The largest absolute Gasteiger partial charge is 0.343 e. The molecule has 1 rings (SSSR count). The number of hydrogen-bond donors (Lipinski definition) is 1. The third-order valence-corrected chi connectivity index (χ3v) is 2.56. The molecular formula is C9H11O2P. The molecule has 12 heavy (non-hydrogen) atoms. The molecule has 0 radical (unpaired) electrons. The summed E-state index contributed by atoms with van der Waals surface area (Å²) in [6.07, 6.45) is 2.37. The van der Waals surface area contributed by atoms with Gasteiger partial charge in [0.05, 0.1) is 0 Å². The van der Waals surface area contributed by atoms with Crippen LogP contribution in [0.2, 0.25) is 0 Å². The van der Waals surface area contributed by atoms with E-state index in [4.69, 9.17) is 4.89 Å². The van der Waals surface area contributed by atoms with Crippen molar-refractivity contribution in [3.63, 3.8) is 0 Å². The SMILES string of the molecule is C=CCc1ccccc1[PH](=O)O. The molecule has 0 saturated heterocycles. The minimum absolute atomic E-state index is 0.544. The highest BCUT2D eigenvalue weighted by atomic mass is 31.1. The van der Waals surface area contributed by atoms with Gasteiger partial charge in [-0.05, 0) is 18.1 Å². The topological polar surface area (TPSA) is 37.3 Å². The normalized spacial score (nSPS) is 12.4. The second-order valence-corrected chi connectivity index (χ2v) is 3.60. The Kier molecular flexibility index (Phi) is 3.27. The highest BCUT2D eigenvalue weighted by Gasteiger charge is 2.03. The smallest absolute Gasteiger partial charge is 0.218 e. The predicted octanol–water partition coefficient (Wildman–Crippen LogP) is 1.51. The molecule has 0 spiro atoms. The van der Waals surface area contributed by atoms with Crippen molar-refractivity contribution in [2.75, 3.05) is 0 Å². The van der Waals surface area contributed by atoms with Crippen LogP contribution >= 0.6 is 8.03 Å². The first-order valence-electron chi connectivity index (χ1n) is 3.68. The van der Waals surface area contributed by atoms with E-state index < -0.39 is 8.03 Å². The van der Waals surface area contributed by atoms with Crippen molar-refractivity contribution in [3.8, 4) is 0 Å². The van der Waals surface area contributed by atoms with E-state index in [1.807, 2.05) is 12.1 Å². The van der Waals surface area contributed by atoms with Gasteiger partial charge in [0.15, 0.2) is 0 Å². The zero-order chi connectivity index (χ0) is 8.97. The van der Waals surface area contributed by atoms with E-state index in [0.29, 0.717) is 11.7 Å². The van der Waals surface area contributed by atoms with Gasteiger partial charge in [-0.2, -0.15) is 0 Å². The zero-order valence-corrected chi connectivity index (χ0v) is 7.66. The van der Waals surface area contributed by atoms with Crippen LogP contribution < -0.4 is 5.30 Å². The van der Waals surface area contributed by atoms with E-state index >= 15 is 0 Å². The Labute approximate surface area is 72.4 Å². The van der Waals surface area contributed by atoms with Crippen molar-refractivity contribution in [3.05, 3.63) is 42.5 Å². The Hall–Kier alpha value is -0.850. The Balaban J connectivity index is 3.07. The van der Waals surface area contributed by atoms with Crippen LogP contribution in [0.25, 0.3) is 0 Å². The number of benzene rings is 1. The van der Waals surface area contributed by atoms with Gasteiger partial charge >= 0.3 is 0 Å². The molecule has 0 aromatic heterocycles. The van der Waals surface area contributed by atoms with Crippen LogP contribution in [0.5, 0.6) is 0 Å². The molecule has 0 bridgehead atoms. The minimum atomic E-state index is -2.56. The summed E-state index contributed by atoms with van der Waals surface area (Å²) < 4.78 is 10.8. The van der Waals surface area contributed by atoms with Crippen molar-refractivity contribution < 1.29 is 9.46 Å². The Morgan fingerprint density at radius 1 is 1.50 bits per heavy atom. The molecule has 0 amide bonds. The third-order valence-electron chi connectivity index (χ3n) is 1.61. The van der Waals surface area contributed by atoms with Gasteiger partial charge in [0, 0.05) is 5.30 Å². The first-order chi connectivity index (χ1) is 5.75. The third kappa shape index (κ3) is 2.07. The van der Waals surface area contributed by atoms with Gasteiger partial charge in [0.25, 0.3) is 0 Å². The van der Waals surface area contributed by atoms with Crippen LogP contribution in [0.3, 0.4) is 0 Å². The Morgan fingerprint density at radius 2 is 2.17 bits per heavy atom. The molecule has 3 heteroatoms. The van der Waals surface area contributed by atoms with E-state index in [2.05, 4.69) is 6.58 Å². The summed E-state index contributed by atoms with van der Waals surface area (Å²) in [6, 6.07) is 7.14. The van der Waals surface area contributed by atoms with Crippen LogP contribution in [-0.4, -0.2) is 4.89 Å². The molecule has 0 fully saturated rings. The summed E-state index contributed by atoms with van der Waals surface area (Å²) in [5.74, 6) is 0. The molecule has 0 aliphatic heterocycles. The Morgan fingerprint density at radius 3 is 2.75 bits per heavy atom. The number of hydrogen-bond acceptors (Lipinski definition) is 1. The van der Waals surface area contributed by atoms with Crippen LogP contribution in [0.15, 0.2) is 36.9 Å². The number of allylic oxidation sites excluding steroid dienone is 1. The van der Waals surface area contributed by atoms with Crippen LogP contribution in [0.4, 0.5) is 0 Å². The lowest BCUT2D eigenvalue weighted by atomic mass is 10.1. The molecule has 0 heterocycles. The predicted molar refractivity (Wildman–Crippen MR) is 51.2 cm³/mol. The van der Waals surface area contributed by atoms with Gasteiger partial charge in [0.2, 0.25) is 8.03 Å². The summed E-state index contributed by atoms with van der Waals surface area (Å²) in [5.41, 5.74) is 0.888. The molecule has 64 valence electrons. The lowest BCUT2D eigenvalue weighted by Crippen LogP contribution is -2.03. The second kappa shape index (κ2) is 4.24. The maximum absolute atomic E-state index is 10.8. The molecule has 0 aliphatic carbocycles. The quantitative estimate of drug-likeness (QED) is 0.568. The summed E-state index contributed by atoms with van der Waals surface area (Å²) in [7, 11) is -2.56. The molecule has 1 unspecified atom stereocenters. The van der Waals surface area contributed by atoms with Gasteiger partial charge < -0.3 is 4.89 Å². The summed E-state index contributed by atoms with van der Waals surface area (Å²) >= 11 is 0. The monoisotopic (exact) mass is 182 g/mol. The van der Waals surface area contributed by atoms with Crippen molar-refractivity contribution in [1.82, 2.24) is 0 Å². The molecule has 2 nitrogen and oxygen atoms in total. The van der Waals surface area contributed by atoms with Gasteiger partial charge in [0.1, 0.15) is 0 Å². The van der Waals surface area contributed by atoms with E-state index in [0.717, 1.165) is 5.56 Å². The Bertz CT molecular complexity index is 307. The fraction of sp³-hybridized carbons (Fsp3) is 0.111. The van der Waals surface area contributed by atoms with Crippen molar-refractivity contribution in [2.24, 2.45) is 0 Å². The molecule has 0 aliphatic rings. The molecular weight excluding hydrogens is 171 g/mol. The molecule has 0 saturated carbocycles. The van der Waals surface area contributed by atoms with Gasteiger partial charge in [-0.1, -0.05) is 24.3 Å². The van der Waals surface area contributed by atoms with Gasteiger partial charge in [-0.3, -0.25) is 4.57 Å². The van der Waals surface area contributed by atoms with E-state index in [-0.39, 0.29) is 0 Å². The highest BCUT2D eigenvalue weighted by Crippen LogP contribution is 2.16. The summed E-state index contributed by atoms with van der Waals surface area (Å²) in [5, 5.41) is 0.544. The molecule has 1 aromatic carbocycles. The first-order valence-corrected chi connectivity index (χ1v) is 5.03. The van der Waals surface area contributed by atoms with E-state index in [1.54, 1.807) is 18.2 Å². The molecule has 1 N–H and O–H groups in total. The van der Waals surface area contributed by atoms with E-state index in [9.17, 15) is 4.57 Å². The van der Waals surface area contributed by atoms with Crippen molar-refractivity contribution in [2.45, 2.75) is 6.42 Å². The average molecular weight is 182 g/mol. The van der Waals surface area contributed by atoms with Crippen LogP contribution in [-0.2, 0) is 11.0 Å². The molecule has 1 atom stereocenters. The highest BCUT2D eigenvalue weighted by molar-refractivity contribution is 7.47. The van der Waals surface area contributed by atoms with Crippen molar-refractivity contribution in [1.29, 1.82) is 0 Å².